The van der Waals surface area contributed by atoms with E-state index in [1.165, 1.54) is 7.11 Å². The van der Waals surface area contributed by atoms with Crippen LogP contribution in [0.1, 0.15) is 29.8 Å². The molecule has 0 fully saturated rings. The fraction of sp³-hybridized carbons (Fsp3) is 0.333. The van der Waals surface area contributed by atoms with Gasteiger partial charge in [-0.1, -0.05) is 12.1 Å². The molecule has 0 unspecified atom stereocenters. The molecule has 150 valence electrons. The molecule has 2 aromatic rings. The van der Waals surface area contributed by atoms with E-state index in [1.54, 1.807) is 24.3 Å². The molecule has 1 amide bonds. The Morgan fingerprint density at radius 1 is 1.00 bits per heavy atom. The van der Waals surface area contributed by atoms with E-state index < -0.39 is 5.97 Å². The van der Waals surface area contributed by atoms with Gasteiger partial charge in [0.25, 0.3) is 0 Å². The minimum atomic E-state index is -0.450. The number of hydrogen-bond acceptors (Lipinski definition) is 6. The highest BCUT2D eigenvalue weighted by atomic mass is 16.5. The molecule has 2 N–H and O–H groups in total. The van der Waals surface area contributed by atoms with Crippen molar-refractivity contribution in [1.29, 1.82) is 0 Å². The molecule has 0 aliphatic rings. The van der Waals surface area contributed by atoms with Crippen molar-refractivity contribution in [2.75, 3.05) is 37.5 Å². The fourth-order valence-electron chi connectivity index (χ4n) is 2.70. The SMILES string of the molecule is CCOc1ccc(NC(=O)CNc2cccc(C)c2C(=O)OC)cc1OCC. The molecule has 7 nitrogen and oxygen atoms in total. The molecule has 0 saturated carbocycles. The molecule has 0 spiro atoms. The van der Waals surface area contributed by atoms with Crippen LogP contribution in [-0.4, -0.2) is 38.7 Å². The molecular formula is C21H26N2O5. The standard InChI is InChI=1S/C21H26N2O5/c1-5-27-17-11-10-15(12-18(17)28-6-2)23-19(24)13-22-16-9-7-8-14(3)20(16)21(25)26-4/h7-12,22H,5-6,13H2,1-4H3,(H,23,24). The number of ether oxygens (including phenoxy) is 3. The molecule has 28 heavy (non-hydrogen) atoms. The normalized spacial score (nSPS) is 10.1. The predicted molar refractivity (Wildman–Crippen MR) is 108 cm³/mol. The number of amides is 1. The molecule has 0 aliphatic carbocycles. The van der Waals surface area contributed by atoms with Gasteiger partial charge in [0, 0.05) is 17.4 Å². The number of esters is 1. The predicted octanol–water partition coefficient (Wildman–Crippen LogP) is 3.63. The lowest BCUT2D eigenvalue weighted by atomic mass is 10.1. The Kier molecular flexibility index (Phi) is 7.68. The summed E-state index contributed by atoms with van der Waals surface area (Å²) in [6.45, 7) is 6.59. The third-order valence-electron chi connectivity index (χ3n) is 3.93. The zero-order valence-corrected chi connectivity index (χ0v) is 16.6. The van der Waals surface area contributed by atoms with Crippen LogP contribution in [0.25, 0.3) is 0 Å². The van der Waals surface area contributed by atoms with Gasteiger partial charge < -0.3 is 24.8 Å². The number of carbonyl (C=O) groups excluding carboxylic acids is 2. The van der Waals surface area contributed by atoms with Crippen LogP contribution in [-0.2, 0) is 9.53 Å². The maximum absolute atomic E-state index is 12.3. The minimum absolute atomic E-state index is 0.00930. The number of nitrogens with one attached hydrogen (secondary N) is 2. The Morgan fingerprint density at radius 2 is 1.71 bits per heavy atom. The Hall–Kier alpha value is -3.22. The van der Waals surface area contributed by atoms with Crippen molar-refractivity contribution in [3.8, 4) is 11.5 Å². The number of anilines is 2. The van der Waals surface area contributed by atoms with E-state index in [0.29, 0.717) is 41.7 Å². The Balaban J connectivity index is 2.06. The van der Waals surface area contributed by atoms with Gasteiger partial charge in [-0.05, 0) is 44.5 Å². The molecule has 2 rings (SSSR count). The third-order valence-corrected chi connectivity index (χ3v) is 3.93. The highest BCUT2D eigenvalue weighted by Crippen LogP contribution is 2.30. The van der Waals surface area contributed by atoms with Crippen LogP contribution in [0.3, 0.4) is 0 Å². The van der Waals surface area contributed by atoms with E-state index in [0.717, 1.165) is 5.56 Å². The van der Waals surface area contributed by atoms with Gasteiger partial charge in [0.05, 0.1) is 32.4 Å². The lowest BCUT2D eigenvalue weighted by Gasteiger charge is -2.14. The van der Waals surface area contributed by atoms with E-state index >= 15 is 0 Å². The summed E-state index contributed by atoms with van der Waals surface area (Å²) in [5.74, 6) is 0.488. The minimum Gasteiger partial charge on any atom is -0.490 e. The molecule has 7 heteroatoms. The topological polar surface area (TPSA) is 85.9 Å². The molecule has 0 aromatic heterocycles. The summed E-state index contributed by atoms with van der Waals surface area (Å²) in [5, 5.41) is 5.80. The molecule has 0 heterocycles. The fourth-order valence-corrected chi connectivity index (χ4v) is 2.70. The van der Waals surface area contributed by atoms with Gasteiger partial charge in [0.15, 0.2) is 11.5 Å². The molecule has 0 saturated heterocycles. The average molecular weight is 386 g/mol. The second-order valence-electron chi connectivity index (χ2n) is 5.92. The first-order chi connectivity index (χ1) is 13.5. The Morgan fingerprint density at radius 3 is 2.39 bits per heavy atom. The van der Waals surface area contributed by atoms with E-state index in [4.69, 9.17) is 14.2 Å². The third kappa shape index (κ3) is 5.39. The number of benzene rings is 2. The maximum atomic E-state index is 12.3. The van der Waals surface area contributed by atoms with Crippen LogP contribution in [0, 0.1) is 6.92 Å². The van der Waals surface area contributed by atoms with Crippen LogP contribution in [0.5, 0.6) is 11.5 Å². The molecule has 0 atom stereocenters. The number of rotatable bonds is 9. The van der Waals surface area contributed by atoms with Crippen LogP contribution in [0.4, 0.5) is 11.4 Å². The number of methoxy groups -OCH3 is 1. The van der Waals surface area contributed by atoms with E-state index in [9.17, 15) is 9.59 Å². The second kappa shape index (κ2) is 10.2. The van der Waals surface area contributed by atoms with Gasteiger partial charge >= 0.3 is 5.97 Å². The smallest absolute Gasteiger partial charge is 0.340 e. The molecular weight excluding hydrogens is 360 g/mol. The second-order valence-corrected chi connectivity index (χ2v) is 5.92. The largest absolute Gasteiger partial charge is 0.490 e. The van der Waals surface area contributed by atoms with Gasteiger partial charge in [0.2, 0.25) is 5.91 Å². The molecule has 2 aromatic carbocycles. The lowest BCUT2D eigenvalue weighted by molar-refractivity contribution is -0.114. The highest BCUT2D eigenvalue weighted by Gasteiger charge is 2.15. The first kappa shape index (κ1) is 21.1. The van der Waals surface area contributed by atoms with Gasteiger partial charge in [-0.15, -0.1) is 0 Å². The summed E-state index contributed by atoms with van der Waals surface area (Å²) < 4.78 is 15.9. The van der Waals surface area contributed by atoms with Crippen molar-refractivity contribution in [1.82, 2.24) is 0 Å². The maximum Gasteiger partial charge on any atom is 0.340 e. The van der Waals surface area contributed by atoms with Crippen LogP contribution < -0.4 is 20.1 Å². The summed E-state index contributed by atoms with van der Waals surface area (Å²) in [5.41, 5.74) is 2.32. The van der Waals surface area contributed by atoms with Gasteiger partial charge in [-0.25, -0.2) is 4.79 Å². The summed E-state index contributed by atoms with van der Waals surface area (Å²) in [6, 6.07) is 10.6. The first-order valence-electron chi connectivity index (χ1n) is 9.11. The zero-order valence-electron chi connectivity index (χ0n) is 16.6. The van der Waals surface area contributed by atoms with Crippen LogP contribution >= 0.6 is 0 Å². The lowest BCUT2D eigenvalue weighted by Crippen LogP contribution is -2.23. The van der Waals surface area contributed by atoms with Crippen LogP contribution in [0.2, 0.25) is 0 Å². The average Bonchev–Trinajstić information content (AvgIpc) is 2.68. The Bertz CT molecular complexity index is 836. The molecule has 0 radical (unpaired) electrons. The van der Waals surface area contributed by atoms with Crippen molar-refractivity contribution in [3.05, 3.63) is 47.5 Å². The number of aryl methyl sites for hydroxylation is 1. The van der Waals surface area contributed by atoms with Gasteiger partial charge in [0.1, 0.15) is 0 Å². The van der Waals surface area contributed by atoms with Gasteiger partial charge in [-0.2, -0.15) is 0 Å². The van der Waals surface area contributed by atoms with E-state index in [1.807, 2.05) is 32.9 Å². The monoisotopic (exact) mass is 386 g/mol. The number of carbonyl (C=O) groups is 2. The molecule has 0 aliphatic heterocycles. The van der Waals surface area contributed by atoms with Crippen molar-refractivity contribution >= 4 is 23.3 Å². The van der Waals surface area contributed by atoms with Crippen molar-refractivity contribution < 1.29 is 23.8 Å². The summed E-state index contributed by atoms with van der Waals surface area (Å²) >= 11 is 0. The quantitative estimate of drug-likeness (QED) is 0.640. The zero-order chi connectivity index (χ0) is 20.5. The Labute approximate surface area is 165 Å². The van der Waals surface area contributed by atoms with Gasteiger partial charge in [-0.3, -0.25) is 4.79 Å². The van der Waals surface area contributed by atoms with E-state index in [2.05, 4.69) is 10.6 Å². The van der Waals surface area contributed by atoms with E-state index in [-0.39, 0.29) is 12.5 Å². The summed E-state index contributed by atoms with van der Waals surface area (Å²) in [4.78, 5) is 24.3. The first-order valence-corrected chi connectivity index (χ1v) is 9.11. The van der Waals surface area contributed by atoms with Crippen molar-refractivity contribution in [2.45, 2.75) is 20.8 Å². The van der Waals surface area contributed by atoms with Crippen molar-refractivity contribution in [2.24, 2.45) is 0 Å². The number of hydrogen-bond donors (Lipinski definition) is 2. The molecule has 0 bridgehead atoms. The summed E-state index contributed by atoms with van der Waals surface area (Å²) in [6.07, 6.45) is 0. The highest BCUT2D eigenvalue weighted by molar-refractivity contribution is 5.99. The summed E-state index contributed by atoms with van der Waals surface area (Å²) in [7, 11) is 1.33. The van der Waals surface area contributed by atoms with Crippen LogP contribution in [0.15, 0.2) is 36.4 Å². The van der Waals surface area contributed by atoms with Crippen molar-refractivity contribution in [3.63, 3.8) is 0 Å².